The summed E-state index contributed by atoms with van der Waals surface area (Å²) < 4.78 is 9.89. The molecule has 78 valence electrons. The molecule has 13 heavy (non-hydrogen) atoms. The number of aliphatic hydroxyl groups excluding tert-OH is 1. The second kappa shape index (κ2) is 7.30. The van der Waals surface area contributed by atoms with E-state index < -0.39 is 0 Å². The van der Waals surface area contributed by atoms with Gasteiger partial charge in [0.25, 0.3) is 0 Å². The molecule has 0 radical (unpaired) electrons. The minimum atomic E-state index is 0.0359. The Morgan fingerprint density at radius 1 is 0.769 bits per heavy atom. The summed E-state index contributed by atoms with van der Waals surface area (Å²) in [4.78, 5) is 0. The molecule has 1 saturated heterocycles. The Kier molecular flexibility index (Phi) is 6.15. The summed E-state index contributed by atoms with van der Waals surface area (Å²) in [6.45, 7) is 3.11. The molecule has 2 fully saturated rings. The molecule has 3 nitrogen and oxygen atoms in total. The Labute approximate surface area is 80.0 Å². The molecule has 0 aromatic carbocycles. The van der Waals surface area contributed by atoms with Crippen molar-refractivity contribution in [1.82, 2.24) is 0 Å². The quantitative estimate of drug-likeness (QED) is 0.623. The first kappa shape index (κ1) is 11.0. The lowest BCUT2D eigenvalue weighted by molar-refractivity contribution is -0.0334. The summed E-state index contributed by atoms with van der Waals surface area (Å²) in [5.74, 6) is 0. The maximum Gasteiger partial charge on any atom is 0.0701 e. The topological polar surface area (TPSA) is 38.7 Å². The summed E-state index contributed by atoms with van der Waals surface area (Å²) in [5.41, 5.74) is 0. The minimum Gasteiger partial charge on any atom is -0.393 e. The van der Waals surface area contributed by atoms with Crippen molar-refractivity contribution < 1.29 is 14.6 Å². The van der Waals surface area contributed by atoms with E-state index in [1.807, 2.05) is 0 Å². The number of rotatable bonds is 0. The van der Waals surface area contributed by atoms with Crippen molar-refractivity contribution in [2.45, 2.75) is 38.2 Å². The maximum absolute atomic E-state index is 8.91. The van der Waals surface area contributed by atoms with Crippen LogP contribution in [-0.4, -0.2) is 37.6 Å². The molecule has 1 saturated carbocycles. The highest BCUT2D eigenvalue weighted by Gasteiger charge is 2.07. The van der Waals surface area contributed by atoms with Crippen LogP contribution in [0.15, 0.2) is 0 Å². The summed E-state index contributed by atoms with van der Waals surface area (Å²) in [6.07, 6.45) is 5.92. The van der Waals surface area contributed by atoms with E-state index in [2.05, 4.69) is 0 Å². The first-order valence-corrected chi connectivity index (χ1v) is 5.23. The van der Waals surface area contributed by atoms with Gasteiger partial charge < -0.3 is 14.6 Å². The largest absolute Gasteiger partial charge is 0.393 e. The molecule has 1 N–H and O–H groups in total. The van der Waals surface area contributed by atoms with Crippen molar-refractivity contribution in [2.75, 3.05) is 26.4 Å². The Morgan fingerprint density at radius 2 is 1.23 bits per heavy atom. The van der Waals surface area contributed by atoms with E-state index >= 15 is 0 Å². The van der Waals surface area contributed by atoms with Gasteiger partial charge in [0.1, 0.15) is 0 Å². The molecule has 0 aromatic rings. The van der Waals surface area contributed by atoms with E-state index in [1.54, 1.807) is 0 Å². The van der Waals surface area contributed by atoms with Gasteiger partial charge in [0.2, 0.25) is 0 Å². The van der Waals surface area contributed by atoms with Crippen LogP contribution in [0.3, 0.4) is 0 Å². The molecule has 2 aliphatic rings. The molecular weight excluding hydrogens is 168 g/mol. The highest BCUT2D eigenvalue weighted by Crippen LogP contribution is 2.16. The number of aliphatic hydroxyl groups is 1. The minimum absolute atomic E-state index is 0.0359. The Balaban J connectivity index is 0.000000132. The highest BCUT2D eigenvalue weighted by atomic mass is 16.6. The number of ether oxygens (including phenoxy) is 2. The zero-order valence-electron chi connectivity index (χ0n) is 8.21. The second-order valence-corrected chi connectivity index (χ2v) is 3.52. The zero-order valence-corrected chi connectivity index (χ0v) is 8.21. The van der Waals surface area contributed by atoms with E-state index in [1.165, 1.54) is 19.3 Å². The van der Waals surface area contributed by atoms with Crippen LogP contribution in [0.4, 0.5) is 0 Å². The Hall–Kier alpha value is -0.120. The normalized spacial score (nSPS) is 24.7. The van der Waals surface area contributed by atoms with Crippen LogP contribution in [-0.2, 0) is 9.47 Å². The molecule has 0 atom stereocenters. The van der Waals surface area contributed by atoms with Crippen molar-refractivity contribution in [2.24, 2.45) is 0 Å². The van der Waals surface area contributed by atoms with Gasteiger partial charge >= 0.3 is 0 Å². The third-order valence-corrected chi connectivity index (χ3v) is 2.32. The highest BCUT2D eigenvalue weighted by molar-refractivity contribution is 4.61. The third-order valence-electron chi connectivity index (χ3n) is 2.32. The average molecular weight is 188 g/mol. The zero-order chi connectivity index (χ0) is 9.36. The molecule has 1 aliphatic carbocycles. The lowest BCUT2D eigenvalue weighted by Crippen LogP contribution is -2.16. The van der Waals surface area contributed by atoms with Crippen LogP contribution in [0, 0.1) is 0 Å². The van der Waals surface area contributed by atoms with Gasteiger partial charge in [0, 0.05) is 0 Å². The van der Waals surface area contributed by atoms with Crippen molar-refractivity contribution in [3.63, 3.8) is 0 Å². The predicted molar refractivity (Wildman–Crippen MR) is 50.7 cm³/mol. The third kappa shape index (κ3) is 6.02. The number of hydrogen-bond donors (Lipinski definition) is 1. The van der Waals surface area contributed by atoms with E-state index in [4.69, 9.17) is 14.6 Å². The van der Waals surface area contributed by atoms with Crippen LogP contribution in [0.5, 0.6) is 0 Å². The SMILES string of the molecule is C1COCCO1.OC1CCCCC1. The van der Waals surface area contributed by atoms with Gasteiger partial charge in [-0.25, -0.2) is 0 Å². The molecule has 0 bridgehead atoms. The fourth-order valence-electron chi connectivity index (χ4n) is 1.52. The molecule has 1 aliphatic heterocycles. The van der Waals surface area contributed by atoms with Crippen LogP contribution in [0.25, 0.3) is 0 Å². The van der Waals surface area contributed by atoms with Crippen molar-refractivity contribution in [3.05, 3.63) is 0 Å². The summed E-state index contributed by atoms with van der Waals surface area (Å²) in [5, 5.41) is 8.91. The van der Waals surface area contributed by atoms with E-state index in [-0.39, 0.29) is 6.10 Å². The summed E-state index contributed by atoms with van der Waals surface area (Å²) >= 11 is 0. The Morgan fingerprint density at radius 3 is 1.46 bits per heavy atom. The van der Waals surface area contributed by atoms with Crippen molar-refractivity contribution in [3.8, 4) is 0 Å². The predicted octanol–water partition coefficient (Wildman–Crippen LogP) is 1.34. The fraction of sp³-hybridized carbons (Fsp3) is 1.00. The van der Waals surface area contributed by atoms with Gasteiger partial charge in [-0.1, -0.05) is 19.3 Å². The number of hydrogen-bond acceptors (Lipinski definition) is 3. The molecule has 0 amide bonds. The molecule has 0 spiro atoms. The molecule has 1 heterocycles. The second-order valence-electron chi connectivity index (χ2n) is 3.52. The standard InChI is InChI=1S/C6H12O.C4H8O2/c7-6-4-2-1-3-5-6;1-2-6-4-3-5-1/h6-7H,1-5H2;1-4H2. The first-order chi connectivity index (χ1) is 6.39. The van der Waals surface area contributed by atoms with E-state index in [0.717, 1.165) is 39.3 Å². The van der Waals surface area contributed by atoms with Gasteiger partial charge in [0.05, 0.1) is 32.5 Å². The molecule has 3 heteroatoms. The van der Waals surface area contributed by atoms with E-state index in [0.29, 0.717) is 0 Å². The smallest absolute Gasteiger partial charge is 0.0701 e. The van der Waals surface area contributed by atoms with Gasteiger partial charge in [-0.3, -0.25) is 0 Å². The first-order valence-electron chi connectivity index (χ1n) is 5.23. The van der Waals surface area contributed by atoms with Gasteiger partial charge in [0.15, 0.2) is 0 Å². The molecule has 2 rings (SSSR count). The lowest BCUT2D eigenvalue weighted by Gasteiger charge is -2.14. The molecular formula is C10H20O3. The summed E-state index contributed by atoms with van der Waals surface area (Å²) in [7, 11) is 0. The van der Waals surface area contributed by atoms with Gasteiger partial charge in [-0.2, -0.15) is 0 Å². The lowest BCUT2D eigenvalue weighted by atomic mass is 9.98. The van der Waals surface area contributed by atoms with E-state index in [9.17, 15) is 0 Å². The maximum atomic E-state index is 8.91. The van der Waals surface area contributed by atoms with Crippen molar-refractivity contribution >= 4 is 0 Å². The van der Waals surface area contributed by atoms with Gasteiger partial charge in [-0.15, -0.1) is 0 Å². The molecule has 0 unspecified atom stereocenters. The van der Waals surface area contributed by atoms with Crippen LogP contribution < -0.4 is 0 Å². The molecule has 0 aromatic heterocycles. The van der Waals surface area contributed by atoms with Crippen LogP contribution >= 0.6 is 0 Å². The van der Waals surface area contributed by atoms with Crippen LogP contribution in [0.1, 0.15) is 32.1 Å². The van der Waals surface area contributed by atoms with Crippen molar-refractivity contribution in [1.29, 1.82) is 0 Å². The fourth-order valence-corrected chi connectivity index (χ4v) is 1.52. The average Bonchev–Trinajstić information content (AvgIpc) is 2.22. The summed E-state index contributed by atoms with van der Waals surface area (Å²) in [6, 6.07) is 0. The Bertz CT molecular complexity index is 95.2. The van der Waals surface area contributed by atoms with Crippen LogP contribution in [0.2, 0.25) is 0 Å². The van der Waals surface area contributed by atoms with Gasteiger partial charge in [-0.05, 0) is 12.8 Å². The monoisotopic (exact) mass is 188 g/mol.